The SMILES string of the molecule is Cc1ccc(N(CC(=O)N/N=C/c2ccc(OC(=O)c3ccccc3)cc2)S(=O)(=O)c2ccccc2)c(C)c1. The van der Waals surface area contributed by atoms with Crippen LogP contribution in [0.1, 0.15) is 27.0 Å². The summed E-state index contributed by atoms with van der Waals surface area (Å²) in [7, 11) is -4.02. The van der Waals surface area contributed by atoms with E-state index in [0.29, 0.717) is 22.6 Å². The molecule has 0 spiro atoms. The lowest BCUT2D eigenvalue weighted by molar-refractivity contribution is -0.119. The number of benzene rings is 4. The summed E-state index contributed by atoms with van der Waals surface area (Å²) in [5.41, 5.74) is 5.57. The number of aryl methyl sites for hydroxylation is 2. The number of hydrazone groups is 1. The van der Waals surface area contributed by atoms with E-state index in [-0.39, 0.29) is 4.90 Å². The predicted octanol–water partition coefficient (Wildman–Crippen LogP) is 4.87. The predicted molar refractivity (Wildman–Crippen MR) is 150 cm³/mol. The van der Waals surface area contributed by atoms with E-state index in [1.54, 1.807) is 85.8 Å². The van der Waals surface area contributed by atoms with E-state index in [1.807, 2.05) is 19.1 Å². The molecular formula is C30H27N3O5S. The Bertz CT molecular complexity index is 1590. The lowest BCUT2D eigenvalue weighted by Crippen LogP contribution is -2.40. The summed E-state index contributed by atoms with van der Waals surface area (Å²) in [5.74, 6) is -0.720. The lowest BCUT2D eigenvalue weighted by Gasteiger charge is -2.25. The summed E-state index contributed by atoms with van der Waals surface area (Å²) in [4.78, 5) is 25.1. The van der Waals surface area contributed by atoms with Crippen LogP contribution < -0.4 is 14.5 Å². The Morgan fingerprint density at radius 1 is 0.872 bits per heavy atom. The number of esters is 1. The Balaban J connectivity index is 1.44. The lowest BCUT2D eigenvalue weighted by atomic mass is 10.1. The standard InChI is InChI=1S/C30H27N3O5S/c1-22-13-18-28(23(2)19-22)33(39(36,37)27-11-7-4-8-12-27)21-29(34)32-31-20-24-14-16-26(17-15-24)38-30(35)25-9-5-3-6-10-25/h3-20H,21H2,1-2H3,(H,32,34)/b31-20+. The van der Waals surface area contributed by atoms with Gasteiger partial charge in [-0.2, -0.15) is 5.10 Å². The first-order valence-corrected chi connectivity index (χ1v) is 13.5. The van der Waals surface area contributed by atoms with Crippen LogP contribution in [-0.2, 0) is 14.8 Å². The normalized spacial score (nSPS) is 11.2. The number of rotatable bonds is 9. The van der Waals surface area contributed by atoms with Crippen molar-refractivity contribution >= 4 is 33.8 Å². The molecule has 0 aliphatic rings. The summed E-state index contributed by atoms with van der Waals surface area (Å²) < 4.78 is 33.4. The van der Waals surface area contributed by atoms with Crippen LogP contribution in [0.15, 0.2) is 113 Å². The van der Waals surface area contributed by atoms with Gasteiger partial charge in [-0.15, -0.1) is 0 Å². The zero-order valence-corrected chi connectivity index (χ0v) is 22.3. The van der Waals surface area contributed by atoms with Crippen LogP contribution in [0.2, 0.25) is 0 Å². The van der Waals surface area contributed by atoms with Gasteiger partial charge in [0.1, 0.15) is 12.3 Å². The van der Waals surface area contributed by atoms with Gasteiger partial charge in [-0.3, -0.25) is 9.10 Å². The Morgan fingerprint density at radius 3 is 2.15 bits per heavy atom. The molecule has 1 amide bonds. The van der Waals surface area contributed by atoms with Gasteiger partial charge < -0.3 is 4.74 Å². The Hall–Kier alpha value is -4.76. The van der Waals surface area contributed by atoms with Gasteiger partial charge in [-0.05, 0) is 79.6 Å². The quantitative estimate of drug-likeness (QED) is 0.141. The minimum Gasteiger partial charge on any atom is -0.423 e. The van der Waals surface area contributed by atoms with Crippen LogP contribution in [-0.4, -0.2) is 33.1 Å². The molecule has 4 aromatic carbocycles. The van der Waals surface area contributed by atoms with Crippen molar-refractivity contribution < 1.29 is 22.7 Å². The van der Waals surface area contributed by atoms with Gasteiger partial charge in [-0.25, -0.2) is 18.6 Å². The van der Waals surface area contributed by atoms with Gasteiger partial charge in [0.05, 0.1) is 22.4 Å². The van der Waals surface area contributed by atoms with Gasteiger partial charge in [0.25, 0.3) is 15.9 Å². The van der Waals surface area contributed by atoms with Crippen molar-refractivity contribution in [3.05, 3.63) is 125 Å². The molecule has 198 valence electrons. The number of hydrogen-bond donors (Lipinski definition) is 1. The van der Waals surface area contributed by atoms with Gasteiger partial charge in [-0.1, -0.05) is 54.1 Å². The molecule has 0 saturated carbocycles. The summed E-state index contributed by atoms with van der Waals surface area (Å²) in [6, 6.07) is 28.5. The smallest absolute Gasteiger partial charge is 0.343 e. The first-order chi connectivity index (χ1) is 18.7. The van der Waals surface area contributed by atoms with Crippen LogP contribution in [0.4, 0.5) is 5.69 Å². The number of hydrogen-bond acceptors (Lipinski definition) is 6. The van der Waals surface area contributed by atoms with Crippen LogP contribution in [0.3, 0.4) is 0 Å². The molecule has 0 heterocycles. The number of carbonyl (C=O) groups excluding carboxylic acids is 2. The molecule has 0 radical (unpaired) electrons. The minimum atomic E-state index is -4.02. The third-order valence-electron chi connectivity index (χ3n) is 5.74. The maximum absolute atomic E-state index is 13.5. The highest BCUT2D eigenvalue weighted by atomic mass is 32.2. The third kappa shape index (κ3) is 6.97. The minimum absolute atomic E-state index is 0.0781. The van der Waals surface area contributed by atoms with Crippen LogP contribution in [0.25, 0.3) is 0 Å². The molecule has 0 fully saturated rings. The second kappa shape index (κ2) is 12.2. The highest BCUT2D eigenvalue weighted by Gasteiger charge is 2.28. The molecule has 0 saturated heterocycles. The van der Waals surface area contributed by atoms with E-state index >= 15 is 0 Å². The van der Waals surface area contributed by atoms with Gasteiger partial charge in [0, 0.05) is 0 Å². The zero-order valence-electron chi connectivity index (χ0n) is 21.4. The Labute approximate surface area is 227 Å². The second-order valence-electron chi connectivity index (χ2n) is 8.73. The molecule has 0 bridgehead atoms. The molecule has 4 rings (SSSR count). The first-order valence-electron chi connectivity index (χ1n) is 12.1. The Kier molecular flexibility index (Phi) is 8.53. The summed E-state index contributed by atoms with van der Waals surface area (Å²) >= 11 is 0. The fourth-order valence-electron chi connectivity index (χ4n) is 3.81. The number of carbonyl (C=O) groups is 2. The van der Waals surface area contributed by atoms with Crippen molar-refractivity contribution in [1.82, 2.24) is 5.43 Å². The van der Waals surface area contributed by atoms with E-state index in [4.69, 9.17) is 4.74 Å². The first kappa shape index (κ1) is 27.3. The maximum atomic E-state index is 13.5. The Morgan fingerprint density at radius 2 is 1.51 bits per heavy atom. The largest absolute Gasteiger partial charge is 0.423 e. The molecule has 4 aromatic rings. The number of amides is 1. The highest BCUT2D eigenvalue weighted by Crippen LogP contribution is 2.27. The molecule has 0 aromatic heterocycles. The molecule has 9 heteroatoms. The van der Waals surface area contributed by atoms with Gasteiger partial charge >= 0.3 is 5.97 Å². The second-order valence-corrected chi connectivity index (χ2v) is 10.6. The molecule has 0 aliphatic heterocycles. The maximum Gasteiger partial charge on any atom is 0.343 e. The fourth-order valence-corrected chi connectivity index (χ4v) is 5.32. The van der Waals surface area contributed by atoms with Crippen molar-refractivity contribution in [1.29, 1.82) is 0 Å². The molecule has 39 heavy (non-hydrogen) atoms. The molecular weight excluding hydrogens is 514 g/mol. The van der Waals surface area contributed by atoms with Crippen molar-refractivity contribution in [2.75, 3.05) is 10.8 Å². The summed E-state index contributed by atoms with van der Waals surface area (Å²) in [6.45, 7) is 3.24. The highest BCUT2D eigenvalue weighted by molar-refractivity contribution is 7.92. The number of sulfonamides is 1. The van der Waals surface area contributed by atoms with Crippen molar-refractivity contribution in [3.63, 3.8) is 0 Å². The number of nitrogens with zero attached hydrogens (tertiary/aromatic N) is 2. The average Bonchev–Trinajstić information content (AvgIpc) is 2.94. The monoisotopic (exact) mass is 541 g/mol. The molecule has 0 unspecified atom stereocenters. The van der Waals surface area contributed by atoms with E-state index < -0.39 is 28.4 Å². The van der Waals surface area contributed by atoms with Crippen molar-refractivity contribution in [3.8, 4) is 5.75 Å². The fraction of sp³-hybridized carbons (Fsp3) is 0.100. The van der Waals surface area contributed by atoms with E-state index in [2.05, 4.69) is 10.5 Å². The van der Waals surface area contributed by atoms with E-state index in [9.17, 15) is 18.0 Å². The molecule has 8 nitrogen and oxygen atoms in total. The van der Waals surface area contributed by atoms with E-state index in [0.717, 1.165) is 15.4 Å². The van der Waals surface area contributed by atoms with E-state index in [1.165, 1.54) is 18.3 Å². The number of ether oxygens (including phenoxy) is 1. The van der Waals surface area contributed by atoms with Crippen molar-refractivity contribution in [2.45, 2.75) is 18.7 Å². The van der Waals surface area contributed by atoms with Gasteiger partial charge in [0.15, 0.2) is 0 Å². The number of nitrogens with one attached hydrogen (secondary N) is 1. The topological polar surface area (TPSA) is 105 Å². The molecule has 1 N–H and O–H groups in total. The van der Waals surface area contributed by atoms with Crippen molar-refractivity contribution in [2.24, 2.45) is 5.10 Å². The average molecular weight is 542 g/mol. The zero-order chi connectivity index (χ0) is 27.8. The van der Waals surface area contributed by atoms with Crippen LogP contribution >= 0.6 is 0 Å². The molecule has 0 atom stereocenters. The van der Waals surface area contributed by atoms with Crippen LogP contribution in [0, 0.1) is 13.8 Å². The summed E-state index contributed by atoms with van der Waals surface area (Å²) in [6.07, 6.45) is 1.41. The summed E-state index contributed by atoms with van der Waals surface area (Å²) in [5, 5.41) is 3.96. The number of anilines is 1. The van der Waals surface area contributed by atoms with Crippen LogP contribution in [0.5, 0.6) is 5.75 Å². The van der Waals surface area contributed by atoms with Gasteiger partial charge in [0.2, 0.25) is 0 Å². The molecule has 0 aliphatic carbocycles. The third-order valence-corrected chi connectivity index (χ3v) is 7.52.